The first-order valence-corrected chi connectivity index (χ1v) is 20.6. The minimum Gasteiger partial charge on any atom is -0.480 e. The molecule has 4 aliphatic rings. The van der Waals surface area contributed by atoms with Gasteiger partial charge in [-0.2, -0.15) is 0 Å². The Labute approximate surface area is 352 Å². The topological polar surface area (TPSA) is 322 Å². The number of aliphatic hydroxyl groups is 1. The summed E-state index contributed by atoms with van der Waals surface area (Å²) in [5.74, 6) is -7.44. The Hall–Kier alpha value is -5.87. The SMILES string of the molecule is C[C@H](NC(=O)[C@@H]1CCCN1C(=O)[C@H](C)NC(=O)[C@H](C)NC(=O)[C@@H]1CCCN1C(=O)[C@H](CO)NC(=O)[C@H](C)NC(=O)[C@@H]1CCCN1C(=O)[C@H](C)NC(=O)[C@@H]1CCC(=O)N1)C(=O)O. The van der Waals surface area contributed by atoms with Gasteiger partial charge in [-0.05, 0) is 79.6 Å². The van der Waals surface area contributed by atoms with Crippen molar-refractivity contribution < 1.29 is 63.0 Å². The zero-order valence-corrected chi connectivity index (χ0v) is 35.0. The number of carbonyl (C=O) groups is 11. The zero-order chi connectivity index (χ0) is 45.3. The molecule has 0 aromatic heterocycles. The van der Waals surface area contributed by atoms with E-state index < -0.39 is 126 Å². The molecule has 4 saturated heterocycles. The Bertz CT molecular complexity index is 1760. The van der Waals surface area contributed by atoms with E-state index >= 15 is 0 Å². The molecular formula is C38H58N10O13. The van der Waals surface area contributed by atoms with Crippen molar-refractivity contribution in [3.05, 3.63) is 0 Å². The highest BCUT2D eigenvalue weighted by Gasteiger charge is 2.42. The Morgan fingerprint density at radius 3 is 1.36 bits per heavy atom. The normalized spacial score (nSPS) is 24.0. The second-order valence-electron chi connectivity index (χ2n) is 16.0. The highest BCUT2D eigenvalue weighted by Crippen LogP contribution is 2.22. The van der Waals surface area contributed by atoms with Crippen molar-refractivity contribution in [3.63, 3.8) is 0 Å². The van der Waals surface area contributed by atoms with Gasteiger partial charge in [0, 0.05) is 26.1 Å². The quantitative estimate of drug-likeness (QED) is 0.0665. The highest BCUT2D eigenvalue weighted by molar-refractivity contribution is 5.99. The van der Waals surface area contributed by atoms with Gasteiger partial charge in [-0.25, -0.2) is 0 Å². The first-order chi connectivity index (χ1) is 28.7. The Balaban J connectivity index is 1.26. The first kappa shape index (κ1) is 47.8. The van der Waals surface area contributed by atoms with Gasteiger partial charge in [0.05, 0.1) is 6.61 Å². The third-order valence-corrected chi connectivity index (χ3v) is 11.3. The maximum absolute atomic E-state index is 13.6. The molecule has 338 valence electrons. The van der Waals surface area contributed by atoms with Crippen molar-refractivity contribution in [1.82, 2.24) is 51.9 Å². The molecule has 0 aliphatic carbocycles. The number of likely N-dealkylation sites (tertiary alicyclic amines) is 3. The van der Waals surface area contributed by atoms with Crippen LogP contribution in [0.15, 0.2) is 0 Å². The van der Waals surface area contributed by atoms with Crippen LogP contribution in [0, 0.1) is 0 Å². The molecule has 23 heteroatoms. The van der Waals surface area contributed by atoms with Gasteiger partial charge in [0.25, 0.3) is 0 Å². The molecule has 0 bridgehead atoms. The Kier molecular flexibility index (Phi) is 16.5. The molecule has 10 atom stereocenters. The van der Waals surface area contributed by atoms with E-state index in [1.54, 1.807) is 0 Å². The maximum atomic E-state index is 13.6. The van der Waals surface area contributed by atoms with Crippen LogP contribution < -0.4 is 37.2 Å². The van der Waals surface area contributed by atoms with Crippen LogP contribution in [-0.2, 0) is 52.7 Å². The standard InChI is InChI=1S/C38H58N10O13/c1-18(29(51)41-20(3)35(57)47-15-7-10-26(47)34(56)43-22(5)38(60)61)39-33(55)27-11-8-16-48(27)37(59)24(17-49)45-30(52)19(2)40-32(54)25-9-6-14-46(25)36(58)21(4)42-31(53)23-12-13-28(50)44-23/h18-27,49H,6-17H2,1-5H3,(H,39,55)(H,40,54)(H,41,51)(H,42,53)(H,43,56)(H,44,50)(H,45,52)(H,60,61)/t18-,19-,20-,21-,22-,23-,24-,25-,26-,27-/m0/s1. The van der Waals surface area contributed by atoms with E-state index in [2.05, 4.69) is 37.2 Å². The largest absolute Gasteiger partial charge is 0.480 e. The van der Waals surface area contributed by atoms with Gasteiger partial charge in [0.15, 0.2) is 0 Å². The molecule has 0 unspecified atom stereocenters. The molecule has 4 rings (SSSR count). The average Bonchev–Trinajstić information content (AvgIpc) is 4.06. The number of rotatable bonds is 17. The predicted octanol–water partition coefficient (Wildman–Crippen LogP) is -4.68. The van der Waals surface area contributed by atoms with Crippen LogP contribution in [-0.4, -0.2) is 177 Å². The van der Waals surface area contributed by atoms with E-state index in [1.165, 1.54) is 49.3 Å². The summed E-state index contributed by atoms with van der Waals surface area (Å²) in [6.07, 6.45) is 2.66. The minimum absolute atomic E-state index is 0.0945. The van der Waals surface area contributed by atoms with E-state index in [1.807, 2.05) is 0 Å². The molecule has 4 aliphatic heterocycles. The van der Waals surface area contributed by atoms with Crippen molar-refractivity contribution >= 4 is 65.0 Å². The van der Waals surface area contributed by atoms with Crippen LogP contribution in [0.4, 0.5) is 0 Å². The smallest absolute Gasteiger partial charge is 0.325 e. The van der Waals surface area contributed by atoms with Crippen LogP contribution in [0.3, 0.4) is 0 Å². The summed E-state index contributed by atoms with van der Waals surface area (Å²) in [5.41, 5.74) is 0. The van der Waals surface area contributed by atoms with Crippen LogP contribution in [0.2, 0.25) is 0 Å². The molecule has 23 nitrogen and oxygen atoms in total. The summed E-state index contributed by atoms with van der Waals surface area (Å²) in [7, 11) is 0. The number of carbonyl (C=O) groups excluding carboxylic acids is 10. The molecule has 0 aromatic rings. The van der Waals surface area contributed by atoms with E-state index in [0.29, 0.717) is 32.1 Å². The van der Waals surface area contributed by atoms with Crippen molar-refractivity contribution in [3.8, 4) is 0 Å². The Morgan fingerprint density at radius 2 is 0.951 bits per heavy atom. The molecule has 0 spiro atoms. The molecule has 61 heavy (non-hydrogen) atoms. The number of carboxylic acid groups (broad SMARTS) is 1. The second kappa shape index (κ2) is 21.1. The van der Waals surface area contributed by atoms with E-state index in [0.717, 1.165) is 0 Å². The van der Waals surface area contributed by atoms with Gasteiger partial charge in [0.2, 0.25) is 59.1 Å². The molecule has 4 heterocycles. The highest BCUT2D eigenvalue weighted by atomic mass is 16.4. The number of nitrogens with zero attached hydrogens (tertiary/aromatic N) is 3. The third-order valence-electron chi connectivity index (χ3n) is 11.3. The average molecular weight is 863 g/mol. The zero-order valence-electron chi connectivity index (χ0n) is 35.0. The summed E-state index contributed by atoms with van der Waals surface area (Å²) in [6.45, 7) is 6.58. The molecule has 0 saturated carbocycles. The lowest BCUT2D eigenvalue weighted by Crippen LogP contribution is -2.59. The maximum Gasteiger partial charge on any atom is 0.325 e. The van der Waals surface area contributed by atoms with Crippen LogP contribution >= 0.6 is 0 Å². The van der Waals surface area contributed by atoms with Crippen molar-refractivity contribution in [2.45, 2.75) is 146 Å². The summed E-state index contributed by atoms with van der Waals surface area (Å²) in [5, 5.41) is 36.7. The fraction of sp³-hybridized carbons (Fsp3) is 0.711. The fourth-order valence-corrected chi connectivity index (χ4v) is 7.80. The number of nitrogens with one attached hydrogen (secondary N) is 7. The number of aliphatic hydroxyl groups excluding tert-OH is 1. The van der Waals surface area contributed by atoms with Gasteiger partial charge < -0.3 is 62.1 Å². The lowest BCUT2D eigenvalue weighted by atomic mass is 10.1. The van der Waals surface area contributed by atoms with Gasteiger partial charge in [-0.1, -0.05) is 0 Å². The van der Waals surface area contributed by atoms with Crippen LogP contribution in [0.1, 0.15) is 86.0 Å². The molecule has 4 fully saturated rings. The summed E-state index contributed by atoms with van der Waals surface area (Å²) >= 11 is 0. The number of aliphatic carboxylic acids is 1. The van der Waals surface area contributed by atoms with Gasteiger partial charge >= 0.3 is 5.97 Å². The van der Waals surface area contributed by atoms with Crippen molar-refractivity contribution in [2.24, 2.45) is 0 Å². The summed E-state index contributed by atoms with van der Waals surface area (Å²) < 4.78 is 0. The summed E-state index contributed by atoms with van der Waals surface area (Å²) in [6, 6.07) is -10.9. The number of hydrogen-bond acceptors (Lipinski definition) is 12. The lowest BCUT2D eigenvalue weighted by Gasteiger charge is -2.30. The molecule has 0 radical (unpaired) electrons. The molecule has 9 N–H and O–H groups in total. The lowest BCUT2D eigenvalue weighted by molar-refractivity contribution is -0.144. The van der Waals surface area contributed by atoms with E-state index in [-0.39, 0.29) is 44.8 Å². The minimum atomic E-state index is -1.50. The van der Waals surface area contributed by atoms with Gasteiger partial charge in [-0.15, -0.1) is 0 Å². The van der Waals surface area contributed by atoms with Crippen molar-refractivity contribution in [1.29, 1.82) is 0 Å². The first-order valence-electron chi connectivity index (χ1n) is 20.6. The van der Waals surface area contributed by atoms with E-state index in [9.17, 15) is 57.8 Å². The fourth-order valence-electron chi connectivity index (χ4n) is 7.80. The third kappa shape index (κ3) is 11.9. The van der Waals surface area contributed by atoms with Crippen LogP contribution in [0.5, 0.6) is 0 Å². The number of carboxylic acids is 1. The molecular weight excluding hydrogens is 804 g/mol. The van der Waals surface area contributed by atoms with Gasteiger partial charge in [-0.3, -0.25) is 52.7 Å². The second-order valence-corrected chi connectivity index (χ2v) is 16.0. The molecule has 10 amide bonds. The number of amides is 10. The monoisotopic (exact) mass is 862 g/mol. The number of hydrogen-bond donors (Lipinski definition) is 9. The molecule has 0 aromatic carbocycles. The van der Waals surface area contributed by atoms with Crippen LogP contribution in [0.25, 0.3) is 0 Å². The summed E-state index contributed by atoms with van der Waals surface area (Å²) in [4.78, 5) is 145. The predicted molar refractivity (Wildman–Crippen MR) is 210 cm³/mol. The Morgan fingerprint density at radius 1 is 0.557 bits per heavy atom. The van der Waals surface area contributed by atoms with Crippen molar-refractivity contribution in [2.75, 3.05) is 26.2 Å². The van der Waals surface area contributed by atoms with E-state index in [4.69, 9.17) is 5.11 Å². The van der Waals surface area contributed by atoms with Gasteiger partial charge in [0.1, 0.15) is 60.4 Å².